The summed E-state index contributed by atoms with van der Waals surface area (Å²) in [6.07, 6.45) is 6.15. The van der Waals surface area contributed by atoms with Gasteiger partial charge >= 0.3 is 29.5 Å². The molecule has 2 aromatic rings. The number of aliphatic hydroxyl groups is 1. The van der Waals surface area contributed by atoms with Gasteiger partial charge < -0.3 is 56.4 Å². The molecule has 3 fully saturated rings. The number of hydrogen-bond donors (Lipinski definition) is 10. The maximum absolute atomic E-state index is 12.3. The number of ether oxygens (including phenoxy) is 1. The number of phosphoric acid groups is 3. The van der Waals surface area contributed by atoms with Crippen molar-refractivity contribution in [2.45, 2.75) is 119 Å². The molecule has 0 radical (unpaired) electrons. The second-order valence-corrected chi connectivity index (χ2v) is 20.0. The van der Waals surface area contributed by atoms with Crippen LogP contribution in [0.15, 0.2) is 6.33 Å². The maximum atomic E-state index is 12.3. The third-order valence-electron chi connectivity index (χ3n) is 9.78. The zero-order valence-corrected chi connectivity index (χ0v) is 35.5. The normalized spacial score (nSPS) is 24.9. The lowest BCUT2D eigenvalue weighted by Crippen LogP contribution is -2.36. The van der Waals surface area contributed by atoms with Crippen LogP contribution in [-0.4, -0.2) is 117 Å². The van der Waals surface area contributed by atoms with E-state index in [1.165, 1.54) is 11.0 Å². The van der Waals surface area contributed by atoms with Gasteiger partial charge in [-0.3, -0.25) is 14.1 Å². The molecule has 28 heteroatoms. The van der Waals surface area contributed by atoms with Crippen LogP contribution in [-0.2, 0) is 47.6 Å². The Bertz CT molecular complexity index is 1930. The van der Waals surface area contributed by atoms with Gasteiger partial charge in [0, 0.05) is 43.4 Å². The molecular formula is C31H52N9O15P3S. The summed E-state index contributed by atoms with van der Waals surface area (Å²) in [7, 11) is -16.7. The van der Waals surface area contributed by atoms with E-state index in [2.05, 4.69) is 49.5 Å². The van der Waals surface area contributed by atoms with E-state index >= 15 is 0 Å². The average Bonchev–Trinajstić information content (AvgIpc) is 3.90. The molecule has 0 spiro atoms. The molecule has 3 aliphatic rings. The van der Waals surface area contributed by atoms with E-state index in [0.29, 0.717) is 73.6 Å². The molecule has 3 unspecified atom stereocenters. The number of urea groups is 1. The Kier molecular flexibility index (Phi) is 17.1. The summed E-state index contributed by atoms with van der Waals surface area (Å²) in [5.74, 6) is 1.08. The molecule has 11 N–H and O–H groups in total. The summed E-state index contributed by atoms with van der Waals surface area (Å²) >= 11 is 1.87. The van der Waals surface area contributed by atoms with Crippen molar-refractivity contribution in [1.82, 2.24) is 41.0 Å². The number of nitrogens with zero attached hydrogens (tertiary/aromatic N) is 4. The van der Waals surface area contributed by atoms with E-state index in [4.69, 9.17) is 20.3 Å². The second kappa shape index (κ2) is 21.4. The number of nitrogen functional groups attached to an aromatic ring is 1. The minimum atomic E-state index is -5.72. The number of carbonyl (C=O) groups excluding carboxylic acids is 3. The average molecular weight is 916 g/mol. The van der Waals surface area contributed by atoms with Crippen molar-refractivity contribution >= 4 is 69.9 Å². The molecule has 0 aliphatic carbocycles. The fraction of sp³-hybridized carbons (Fsp3) is 0.742. The van der Waals surface area contributed by atoms with Gasteiger partial charge in [-0.05, 0) is 44.9 Å². The molecule has 0 aromatic carbocycles. The lowest BCUT2D eigenvalue weighted by molar-refractivity contribution is -0.122. The monoisotopic (exact) mass is 915 g/mol. The molecule has 5 heterocycles. The number of thioether (sulfide) groups is 1. The molecule has 0 saturated carbocycles. The number of nitrogens with two attached hydrogens (primary N) is 1. The highest BCUT2D eigenvalue weighted by Crippen LogP contribution is 2.66. The number of anilines is 1. The van der Waals surface area contributed by atoms with Crippen LogP contribution in [0.1, 0.15) is 89.0 Å². The number of unbranched alkanes of at least 4 members (excludes halogenated alkanes) is 5. The lowest BCUT2D eigenvalue weighted by Gasteiger charge is -2.19. The largest absolute Gasteiger partial charge is 0.490 e. The summed E-state index contributed by atoms with van der Waals surface area (Å²) in [5, 5.41) is 27.9. The Hall–Kier alpha value is -2.76. The molecular weight excluding hydrogens is 863 g/mol. The molecule has 0 bridgehead atoms. The van der Waals surface area contributed by atoms with Crippen molar-refractivity contribution in [1.29, 1.82) is 0 Å². The predicted molar refractivity (Wildman–Crippen MR) is 210 cm³/mol. The van der Waals surface area contributed by atoms with Crippen molar-refractivity contribution in [3.8, 4) is 0 Å². The van der Waals surface area contributed by atoms with Crippen LogP contribution in [0.2, 0.25) is 0 Å². The molecule has 24 nitrogen and oxygen atoms in total. The first-order chi connectivity index (χ1) is 27.9. The number of carbonyl (C=O) groups is 3. The van der Waals surface area contributed by atoms with E-state index in [0.717, 1.165) is 44.3 Å². The van der Waals surface area contributed by atoms with Gasteiger partial charge in [0.25, 0.3) is 0 Å². The summed E-state index contributed by atoms with van der Waals surface area (Å²) in [5.41, 5.74) is 7.02. The molecule has 8 atom stereocenters. The first-order valence-corrected chi connectivity index (χ1v) is 24.8. The molecule has 3 aliphatic heterocycles. The third kappa shape index (κ3) is 14.7. The highest BCUT2D eigenvalue weighted by atomic mass is 32.2. The highest BCUT2D eigenvalue weighted by Gasteiger charge is 2.44. The number of aliphatic hydroxyl groups excluding tert-OH is 1. The van der Waals surface area contributed by atoms with Crippen molar-refractivity contribution in [3.63, 3.8) is 0 Å². The molecule has 59 heavy (non-hydrogen) atoms. The van der Waals surface area contributed by atoms with Crippen LogP contribution in [0, 0.1) is 0 Å². The topological polar surface area (TPSA) is 358 Å². The standard InChI is InChI=1S/C31H52N9O15P3S/c32-29-27-19(39-40(30(27)36-18-35-29)26-15-21(41)22(53-26)16-52-57(48,49)55-58(50,51)54-56(45,46)47)9-3-1-7-13-33-24(42)11-4-2-8-14-34-25(43)12-6-5-10-23-28-20(17-59-23)37-31(44)38-28/h18,20-23,26,28,41H,1-17H2,(H,33,42)(H,34,43)(H,48,49)(H,50,51)(H2,32,35,36)(H2,37,38,44)(H2,45,46,47)/t20-,21-,22+,23-,26?,28-/m0/s1. The van der Waals surface area contributed by atoms with Gasteiger partial charge in [0.05, 0.1) is 35.9 Å². The number of nitrogens with one attached hydrogen (secondary N) is 4. The van der Waals surface area contributed by atoms with Gasteiger partial charge in [-0.1, -0.05) is 19.3 Å². The summed E-state index contributed by atoms with van der Waals surface area (Å²) < 4.78 is 53.8. The lowest BCUT2D eigenvalue weighted by atomic mass is 10.0. The van der Waals surface area contributed by atoms with Crippen molar-refractivity contribution in [3.05, 3.63) is 12.0 Å². The number of fused-ring (bicyclic) bond motifs is 2. The summed E-state index contributed by atoms with van der Waals surface area (Å²) in [6.45, 7) is 0.229. The number of rotatable bonds is 25. The number of amides is 4. The Morgan fingerprint density at radius 2 is 1.61 bits per heavy atom. The zero-order valence-electron chi connectivity index (χ0n) is 32.0. The summed E-state index contributed by atoms with van der Waals surface area (Å²) in [6, 6.07) is 0.298. The maximum Gasteiger partial charge on any atom is 0.490 e. The van der Waals surface area contributed by atoms with Gasteiger partial charge in [-0.15, -0.1) is 0 Å². The van der Waals surface area contributed by atoms with Crippen LogP contribution < -0.4 is 27.0 Å². The Morgan fingerprint density at radius 1 is 0.932 bits per heavy atom. The molecule has 332 valence electrons. The first kappa shape index (κ1) is 47.3. The van der Waals surface area contributed by atoms with Crippen LogP contribution in [0.25, 0.3) is 11.0 Å². The smallest absolute Gasteiger partial charge is 0.390 e. The van der Waals surface area contributed by atoms with Crippen LogP contribution in [0.4, 0.5) is 10.6 Å². The van der Waals surface area contributed by atoms with E-state index in [1.54, 1.807) is 0 Å². The van der Waals surface area contributed by atoms with E-state index in [1.807, 2.05) is 11.8 Å². The van der Waals surface area contributed by atoms with Crippen LogP contribution in [0.5, 0.6) is 0 Å². The third-order valence-corrected chi connectivity index (χ3v) is 15.1. The quantitative estimate of drug-likeness (QED) is 0.0384. The van der Waals surface area contributed by atoms with Crippen LogP contribution >= 0.6 is 35.2 Å². The fourth-order valence-electron chi connectivity index (χ4n) is 7.02. The van der Waals surface area contributed by atoms with Gasteiger partial charge in [-0.25, -0.2) is 33.1 Å². The van der Waals surface area contributed by atoms with Crippen LogP contribution in [0.3, 0.4) is 0 Å². The number of hydrogen-bond acceptors (Lipinski definition) is 16. The Balaban J connectivity index is 0.934. The highest BCUT2D eigenvalue weighted by molar-refractivity contribution is 8.00. The first-order valence-electron chi connectivity index (χ1n) is 19.2. The Labute approximate surface area is 343 Å². The number of aryl methyl sites for hydroxylation is 1. The second-order valence-electron chi connectivity index (χ2n) is 14.4. The van der Waals surface area contributed by atoms with Gasteiger partial charge in [0.2, 0.25) is 11.8 Å². The van der Waals surface area contributed by atoms with Gasteiger partial charge in [0.15, 0.2) is 11.9 Å². The molecule has 5 rings (SSSR count). The van der Waals surface area contributed by atoms with Gasteiger partial charge in [0.1, 0.15) is 18.2 Å². The van der Waals surface area contributed by atoms with Crippen molar-refractivity contribution in [2.75, 3.05) is 31.2 Å². The van der Waals surface area contributed by atoms with E-state index in [9.17, 15) is 43.0 Å². The SMILES string of the molecule is Nc1ncnc2c1c(CCCCCNC(=O)CCCCCNC(=O)CCCC[C@@H]1SC[C@@H]3NC(=O)N[C@@H]31)nn2C1C[C@H](O)[C@@H](COP(=O)(O)OP(=O)(O)OP(=O)(O)O)O1. The molecule has 2 aromatic heterocycles. The zero-order chi connectivity index (χ0) is 42.8. The van der Waals surface area contributed by atoms with E-state index in [-0.39, 0.29) is 42.2 Å². The van der Waals surface area contributed by atoms with Crippen molar-refractivity contribution < 1.29 is 70.6 Å². The summed E-state index contributed by atoms with van der Waals surface area (Å²) in [4.78, 5) is 80.9. The van der Waals surface area contributed by atoms with E-state index < -0.39 is 48.5 Å². The Morgan fingerprint density at radius 3 is 2.31 bits per heavy atom. The van der Waals surface area contributed by atoms with Gasteiger partial charge in [-0.2, -0.15) is 25.5 Å². The fourth-order valence-corrected chi connectivity index (χ4v) is 11.6. The molecule has 3 saturated heterocycles. The van der Waals surface area contributed by atoms with Crippen molar-refractivity contribution in [2.24, 2.45) is 0 Å². The predicted octanol–water partition coefficient (Wildman–Crippen LogP) is 1.63. The minimum Gasteiger partial charge on any atom is -0.390 e. The number of phosphoric ester groups is 1. The molecule has 4 amide bonds. The minimum absolute atomic E-state index is 0.0311. The number of aromatic nitrogens is 4.